The van der Waals surface area contributed by atoms with E-state index in [9.17, 15) is 4.39 Å². The number of anilines is 3. The number of fused-ring (bicyclic) bond motifs is 1. The average molecular weight is 390 g/mol. The highest BCUT2D eigenvalue weighted by Gasteiger charge is 2.18. The third-order valence-corrected chi connectivity index (χ3v) is 4.65. The summed E-state index contributed by atoms with van der Waals surface area (Å²) in [7, 11) is 0. The molecule has 7 heteroatoms. The first kappa shape index (κ1) is 15.4. The fourth-order valence-corrected chi connectivity index (χ4v) is 3.38. The molecule has 3 heterocycles. The molecule has 2 aromatic heterocycles. The van der Waals surface area contributed by atoms with Gasteiger partial charge in [0.25, 0.3) is 0 Å². The Balaban J connectivity index is 1.54. The van der Waals surface area contributed by atoms with Crippen LogP contribution in [0.3, 0.4) is 0 Å². The van der Waals surface area contributed by atoms with Gasteiger partial charge < -0.3 is 14.6 Å². The molecule has 124 valence electrons. The second-order valence-corrected chi connectivity index (χ2v) is 6.72. The summed E-state index contributed by atoms with van der Waals surface area (Å²) in [5.74, 6) is 0.695. The van der Waals surface area contributed by atoms with Gasteiger partial charge in [-0.05, 0) is 53.0 Å². The number of imidazole rings is 1. The quantitative estimate of drug-likeness (QED) is 0.729. The molecular weight excluding hydrogens is 373 g/mol. The van der Waals surface area contributed by atoms with Crippen molar-refractivity contribution in [3.8, 4) is 0 Å². The van der Waals surface area contributed by atoms with Crippen LogP contribution >= 0.6 is 15.9 Å². The van der Waals surface area contributed by atoms with E-state index in [1.807, 2.05) is 28.9 Å². The Labute approximate surface area is 147 Å². The normalized spacial score (nSPS) is 15.8. The van der Waals surface area contributed by atoms with Crippen LogP contribution in [0.1, 0.15) is 12.8 Å². The Morgan fingerprint density at radius 3 is 2.67 bits per heavy atom. The van der Waals surface area contributed by atoms with Gasteiger partial charge in [-0.2, -0.15) is 0 Å². The number of halogens is 2. The van der Waals surface area contributed by atoms with Gasteiger partial charge in [0.1, 0.15) is 10.8 Å². The minimum absolute atomic E-state index is 0.611. The molecule has 0 radical (unpaired) electrons. The average Bonchev–Trinajstić information content (AvgIpc) is 3.05. The second-order valence-electron chi connectivity index (χ2n) is 5.90. The van der Waals surface area contributed by atoms with Crippen LogP contribution in [0.5, 0.6) is 0 Å². The van der Waals surface area contributed by atoms with E-state index < -0.39 is 6.17 Å². The lowest BCUT2D eigenvalue weighted by Gasteiger charge is -2.30. The second kappa shape index (κ2) is 6.39. The molecule has 1 aliphatic heterocycles. The summed E-state index contributed by atoms with van der Waals surface area (Å²) >= 11 is 3.41. The van der Waals surface area contributed by atoms with Gasteiger partial charge in [0, 0.05) is 43.1 Å². The number of alkyl halides is 1. The molecule has 0 bridgehead atoms. The number of hydrogen-bond donors (Lipinski definition) is 1. The maximum absolute atomic E-state index is 13.3. The molecule has 0 aliphatic carbocycles. The Morgan fingerprint density at radius 1 is 1.17 bits per heavy atom. The number of nitrogens with one attached hydrogen (secondary N) is 1. The molecule has 4 rings (SSSR count). The Kier molecular flexibility index (Phi) is 4.10. The van der Waals surface area contributed by atoms with E-state index in [0.29, 0.717) is 18.7 Å². The van der Waals surface area contributed by atoms with Crippen molar-refractivity contribution in [2.45, 2.75) is 19.0 Å². The van der Waals surface area contributed by atoms with Crippen LogP contribution in [0, 0.1) is 0 Å². The van der Waals surface area contributed by atoms with Gasteiger partial charge in [-0.1, -0.05) is 0 Å². The van der Waals surface area contributed by atoms with Crippen molar-refractivity contribution >= 4 is 38.8 Å². The van der Waals surface area contributed by atoms with Crippen molar-refractivity contribution in [1.29, 1.82) is 0 Å². The zero-order valence-corrected chi connectivity index (χ0v) is 14.6. The van der Waals surface area contributed by atoms with Gasteiger partial charge in [-0.25, -0.2) is 14.4 Å². The highest BCUT2D eigenvalue weighted by atomic mass is 79.9. The summed E-state index contributed by atoms with van der Waals surface area (Å²) in [6.07, 6.45) is 6.06. The molecule has 0 amide bonds. The monoisotopic (exact) mass is 389 g/mol. The van der Waals surface area contributed by atoms with Gasteiger partial charge in [-0.15, -0.1) is 0 Å². The molecule has 0 saturated carbocycles. The van der Waals surface area contributed by atoms with Crippen molar-refractivity contribution in [1.82, 2.24) is 14.4 Å². The van der Waals surface area contributed by atoms with Crippen molar-refractivity contribution in [2.75, 3.05) is 23.3 Å². The summed E-state index contributed by atoms with van der Waals surface area (Å²) in [4.78, 5) is 11.0. The summed E-state index contributed by atoms with van der Waals surface area (Å²) < 4.78 is 15.9. The standard InChI is InChI=1S/C17H17BrFN5/c18-15-11-24-10-7-20-17(24)16(22-15)21-13-1-3-14(4-2-13)23-8-5-12(19)6-9-23/h1-4,7,10-12H,5-6,8-9H2,(H,21,22). The van der Waals surface area contributed by atoms with Gasteiger partial charge >= 0.3 is 0 Å². The maximum Gasteiger partial charge on any atom is 0.180 e. The molecule has 5 nitrogen and oxygen atoms in total. The summed E-state index contributed by atoms with van der Waals surface area (Å²) in [6.45, 7) is 1.55. The third kappa shape index (κ3) is 3.08. The van der Waals surface area contributed by atoms with Gasteiger partial charge in [0.05, 0.1) is 0 Å². The van der Waals surface area contributed by atoms with Gasteiger partial charge in [0.2, 0.25) is 0 Å². The number of nitrogens with zero attached hydrogens (tertiary/aromatic N) is 4. The molecule has 3 aromatic rings. The molecule has 1 aromatic carbocycles. The Bertz CT molecular complexity index is 840. The lowest BCUT2D eigenvalue weighted by Crippen LogP contribution is -2.34. The lowest BCUT2D eigenvalue weighted by atomic mass is 10.1. The summed E-state index contributed by atoms with van der Waals surface area (Å²) in [6, 6.07) is 8.14. The number of aromatic nitrogens is 3. The SMILES string of the molecule is FC1CCN(c2ccc(Nc3nc(Br)cn4ccnc34)cc2)CC1. The van der Waals surface area contributed by atoms with E-state index in [1.54, 1.807) is 6.20 Å². The van der Waals surface area contributed by atoms with E-state index >= 15 is 0 Å². The van der Waals surface area contributed by atoms with Crippen LogP contribution in [0.15, 0.2) is 47.5 Å². The molecule has 0 spiro atoms. The Morgan fingerprint density at radius 2 is 1.92 bits per heavy atom. The maximum atomic E-state index is 13.3. The predicted octanol–water partition coefficient (Wildman–Crippen LogP) is 4.17. The molecule has 1 fully saturated rings. The molecular formula is C17H17BrFN5. The van der Waals surface area contributed by atoms with E-state index in [4.69, 9.17) is 0 Å². The summed E-state index contributed by atoms with van der Waals surface area (Å²) in [5.41, 5.74) is 2.84. The third-order valence-electron chi connectivity index (χ3n) is 4.26. The van der Waals surface area contributed by atoms with Crippen molar-refractivity contribution in [2.24, 2.45) is 0 Å². The van der Waals surface area contributed by atoms with E-state index in [-0.39, 0.29) is 0 Å². The fraction of sp³-hybridized carbons (Fsp3) is 0.294. The first-order valence-electron chi connectivity index (χ1n) is 7.94. The first-order chi connectivity index (χ1) is 11.7. The van der Waals surface area contributed by atoms with Crippen molar-refractivity contribution < 1.29 is 4.39 Å². The predicted molar refractivity (Wildman–Crippen MR) is 96.8 cm³/mol. The molecule has 0 unspecified atom stereocenters. The van der Waals surface area contributed by atoms with E-state index in [1.165, 1.54) is 0 Å². The Hall–Kier alpha value is -2.15. The molecule has 1 saturated heterocycles. The van der Waals surface area contributed by atoms with Crippen LogP contribution < -0.4 is 10.2 Å². The van der Waals surface area contributed by atoms with Crippen LogP contribution in [0.25, 0.3) is 5.65 Å². The van der Waals surface area contributed by atoms with Crippen LogP contribution in [0.2, 0.25) is 0 Å². The van der Waals surface area contributed by atoms with Crippen molar-refractivity contribution in [3.05, 3.63) is 47.5 Å². The number of benzene rings is 1. The lowest BCUT2D eigenvalue weighted by molar-refractivity contribution is 0.277. The topological polar surface area (TPSA) is 45.5 Å². The summed E-state index contributed by atoms with van der Waals surface area (Å²) in [5, 5.41) is 3.31. The number of rotatable bonds is 3. The zero-order chi connectivity index (χ0) is 16.5. The van der Waals surface area contributed by atoms with Crippen LogP contribution in [0.4, 0.5) is 21.6 Å². The number of piperidine rings is 1. The largest absolute Gasteiger partial charge is 0.371 e. The minimum atomic E-state index is -0.651. The number of hydrogen-bond acceptors (Lipinski definition) is 4. The minimum Gasteiger partial charge on any atom is -0.371 e. The van der Waals surface area contributed by atoms with Crippen LogP contribution in [-0.4, -0.2) is 33.6 Å². The van der Waals surface area contributed by atoms with E-state index in [0.717, 1.165) is 34.7 Å². The highest BCUT2D eigenvalue weighted by molar-refractivity contribution is 9.10. The molecule has 1 N–H and O–H groups in total. The van der Waals surface area contributed by atoms with Gasteiger partial charge in [-0.3, -0.25) is 0 Å². The van der Waals surface area contributed by atoms with Crippen molar-refractivity contribution in [3.63, 3.8) is 0 Å². The van der Waals surface area contributed by atoms with Crippen LogP contribution in [-0.2, 0) is 0 Å². The van der Waals surface area contributed by atoms with E-state index in [2.05, 4.69) is 48.2 Å². The smallest absolute Gasteiger partial charge is 0.180 e. The molecule has 1 aliphatic rings. The first-order valence-corrected chi connectivity index (χ1v) is 8.74. The van der Waals surface area contributed by atoms with Gasteiger partial charge in [0.15, 0.2) is 11.5 Å². The fourth-order valence-electron chi connectivity index (χ4n) is 2.98. The highest BCUT2D eigenvalue weighted by Crippen LogP contribution is 2.25. The molecule has 0 atom stereocenters. The zero-order valence-electron chi connectivity index (χ0n) is 13.0. The molecule has 24 heavy (non-hydrogen) atoms.